The quantitative estimate of drug-likeness (QED) is 0.832. The Labute approximate surface area is 147 Å². The molecule has 0 saturated heterocycles. The molecule has 4 fully saturated rings. The van der Waals surface area contributed by atoms with Gasteiger partial charge in [0, 0.05) is 6.42 Å². The SMILES string of the molecule is CC(=O)c1c(C)oc(NC(=O)CC23CC4CC(CC(C4)C2)C3)c1C#N. The van der Waals surface area contributed by atoms with E-state index in [1.54, 1.807) is 6.92 Å². The summed E-state index contributed by atoms with van der Waals surface area (Å²) in [6, 6.07) is 2.00. The lowest BCUT2D eigenvalue weighted by atomic mass is 9.49. The van der Waals surface area contributed by atoms with Crippen LogP contribution in [0.15, 0.2) is 4.42 Å². The molecule has 4 bridgehead atoms. The Morgan fingerprint density at radius 1 is 1.20 bits per heavy atom. The van der Waals surface area contributed by atoms with Crippen LogP contribution in [-0.2, 0) is 4.79 Å². The Morgan fingerprint density at radius 2 is 1.76 bits per heavy atom. The molecule has 5 rings (SSSR count). The number of nitrogens with one attached hydrogen (secondary N) is 1. The van der Waals surface area contributed by atoms with Crippen molar-refractivity contribution in [2.24, 2.45) is 23.2 Å². The van der Waals surface area contributed by atoms with Gasteiger partial charge in [-0.1, -0.05) is 0 Å². The number of nitrogens with zero attached hydrogens (tertiary/aromatic N) is 1. The highest BCUT2D eigenvalue weighted by atomic mass is 16.4. The van der Waals surface area contributed by atoms with Gasteiger partial charge in [0.1, 0.15) is 17.4 Å². The molecule has 4 aliphatic carbocycles. The highest BCUT2D eigenvalue weighted by Crippen LogP contribution is 2.61. The Hall–Kier alpha value is -2.09. The zero-order valence-electron chi connectivity index (χ0n) is 14.9. The zero-order chi connectivity index (χ0) is 17.8. The van der Waals surface area contributed by atoms with E-state index in [-0.39, 0.29) is 34.1 Å². The van der Waals surface area contributed by atoms with E-state index in [4.69, 9.17) is 4.42 Å². The number of carbonyl (C=O) groups excluding carboxylic acids is 2. The summed E-state index contributed by atoms with van der Waals surface area (Å²) in [5.74, 6) is 2.58. The molecule has 4 aliphatic rings. The van der Waals surface area contributed by atoms with Crippen LogP contribution in [0.2, 0.25) is 0 Å². The second-order valence-corrected chi connectivity index (χ2v) is 8.55. The number of carbonyl (C=O) groups is 2. The fourth-order valence-electron chi connectivity index (χ4n) is 6.18. The van der Waals surface area contributed by atoms with E-state index in [0.29, 0.717) is 12.2 Å². The maximum absolute atomic E-state index is 12.7. The van der Waals surface area contributed by atoms with E-state index in [0.717, 1.165) is 37.0 Å². The van der Waals surface area contributed by atoms with Crippen LogP contribution in [0.3, 0.4) is 0 Å². The number of Topliss-reactive ketones (excluding diaryl/α,β-unsaturated/α-hetero) is 1. The summed E-state index contributed by atoms with van der Waals surface area (Å²) in [4.78, 5) is 24.4. The molecule has 1 heterocycles. The molecule has 0 unspecified atom stereocenters. The predicted molar refractivity (Wildman–Crippen MR) is 92.0 cm³/mol. The molecule has 0 atom stereocenters. The number of hydrogen-bond acceptors (Lipinski definition) is 4. The lowest BCUT2D eigenvalue weighted by Crippen LogP contribution is -2.47. The third-order valence-corrected chi connectivity index (χ3v) is 6.50. The number of aryl methyl sites for hydroxylation is 1. The molecule has 0 aromatic carbocycles. The Balaban J connectivity index is 1.51. The van der Waals surface area contributed by atoms with Crippen LogP contribution >= 0.6 is 0 Å². The molecule has 132 valence electrons. The topological polar surface area (TPSA) is 83.1 Å². The van der Waals surface area contributed by atoms with Crippen molar-refractivity contribution in [3.05, 3.63) is 16.9 Å². The summed E-state index contributed by atoms with van der Waals surface area (Å²) in [6.07, 6.45) is 8.02. The van der Waals surface area contributed by atoms with Gasteiger partial charge in [0.05, 0.1) is 5.56 Å². The minimum Gasteiger partial charge on any atom is -0.443 e. The van der Waals surface area contributed by atoms with E-state index in [9.17, 15) is 14.9 Å². The van der Waals surface area contributed by atoms with Gasteiger partial charge in [0.25, 0.3) is 0 Å². The van der Waals surface area contributed by atoms with E-state index >= 15 is 0 Å². The fraction of sp³-hybridized carbons (Fsp3) is 0.650. The number of ketones is 1. The van der Waals surface area contributed by atoms with Gasteiger partial charge in [-0.3, -0.25) is 14.9 Å². The van der Waals surface area contributed by atoms with Crippen LogP contribution < -0.4 is 5.32 Å². The van der Waals surface area contributed by atoms with Crippen molar-refractivity contribution in [1.29, 1.82) is 5.26 Å². The van der Waals surface area contributed by atoms with Gasteiger partial charge >= 0.3 is 0 Å². The Bertz CT molecular complexity index is 748. The fourth-order valence-corrected chi connectivity index (χ4v) is 6.18. The first-order valence-electron chi connectivity index (χ1n) is 9.23. The molecule has 1 aromatic heterocycles. The smallest absolute Gasteiger partial charge is 0.227 e. The van der Waals surface area contributed by atoms with Crippen molar-refractivity contribution in [3.63, 3.8) is 0 Å². The molecule has 0 radical (unpaired) electrons. The van der Waals surface area contributed by atoms with E-state index in [1.807, 2.05) is 6.07 Å². The highest BCUT2D eigenvalue weighted by Gasteiger charge is 2.51. The second-order valence-electron chi connectivity index (χ2n) is 8.55. The normalized spacial score (nSPS) is 32.4. The molecule has 0 aliphatic heterocycles. The standard InChI is InChI=1S/C20H24N2O3/c1-11(23)18-12(2)25-19(16(18)10-21)22-17(24)9-20-6-13-3-14(7-20)5-15(4-13)8-20/h13-15H,3-9H2,1-2H3,(H,22,24). The van der Waals surface area contributed by atoms with Crippen molar-refractivity contribution >= 4 is 17.6 Å². The summed E-state index contributed by atoms with van der Waals surface area (Å²) < 4.78 is 5.51. The highest BCUT2D eigenvalue weighted by molar-refractivity contribution is 6.01. The molecule has 25 heavy (non-hydrogen) atoms. The Morgan fingerprint density at radius 3 is 2.24 bits per heavy atom. The Kier molecular flexibility index (Phi) is 3.75. The first kappa shape index (κ1) is 16.4. The molecule has 5 nitrogen and oxygen atoms in total. The van der Waals surface area contributed by atoms with Gasteiger partial charge in [-0.15, -0.1) is 0 Å². The zero-order valence-corrected chi connectivity index (χ0v) is 14.9. The molecule has 1 N–H and O–H groups in total. The van der Waals surface area contributed by atoms with Crippen molar-refractivity contribution in [2.75, 3.05) is 5.32 Å². The summed E-state index contributed by atoms with van der Waals surface area (Å²) >= 11 is 0. The van der Waals surface area contributed by atoms with Crippen LogP contribution in [0.1, 0.15) is 73.6 Å². The molecular formula is C20H24N2O3. The monoisotopic (exact) mass is 340 g/mol. The van der Waals surface area contributed by atoms with Crippen LogP contribution in [0, 0.1) is 41.4 Å². The molecule has 0 spiro atoms. The molecule has 5 heteroatoms. The maximum Gasteiger partial charge on any atom is 0.227 e. The van der Waals surface area contributed by atoms with E-state index in [1.165, 1.54) is 26.2 Å². The van der Waals surface area contributed by atoms with Gasteiger partial charge in [-0.25, -0.2) is 0 Å². The van der Waals surface area contributed by atoms with Crippen LogP contribution in [0.4, 0.5) is 5.88 Å². The maximum atomic E-state index is 12.7. The van der Waals surface area contributed by atoms with E-state index in [2.05, 4.69) is 5.32 Å². The number of hydrogen-bond donors (Lipinski definition) is 1. The summed E-state index contributed by atoms with van der Waals surface area (Å²) in [6.45, 7) is 3.05. The second kappa shape index (κ2) is 5.72. The number of nitriles is 1. The predicted octanol–water partition coefficient (Wildman–Crippen LogP) is 4.21. The first-order valence-corrected chi connectivity index (χ1v) is 9.23. The van der Waals surface area contributed by atoms with Gasteiger partial charge < -0.3 is 4.42 Å². The third kappa shape index (κ3) is 2.78. The third-order valence-electron chi connectivity index (χ3n) is 6.50. The number of amides is 1. The number of furan rings is 1. The minimum absolute atomic E-state index is 0.0951. The summed E-state index contributed by atoms with van der Waals surface area (Å²) in [7, 11) is 0. The number of rotatable bonds is 4. The summed E-state index contributed by atoms with van der Waals surface area (Å²) in [5.41, 5.74) is 0.549. The van der Waals surface area contributed by atoms with Crippen LogP contribution in [0.25, 0.3) is 0 Å². The summed E-state index contributed by atoms with van der Waals surface area (Å²) in [5, 5.41) is 12.1. The lowest BCUT2D eigenvalue weighted by molar-refractivity contribution is -0.124. The molecule has 1 amide bonds. The molecular weight excluding hydrogens is 316 g/mol. The van der Waals surface area contributed by atoms with Crippen molar-refractivity contribution < 1.29 is 14.0 Å². The van der Waals surface area contributed by atoms with Crippen molar-refractivity contribution in [1.82, 2.24) is 0 Å². The average molecular weight is 340 g/mol. The van der Waals surface area contributed by atoms with E-state index < -0.39 is 0 Å². The average Bonchev–Trinajstić information content (AvgIpc) is 2.80. The van der Waals surface area contributed by atoms with Crippen molar-refractivity contribution in [2.45, 2.75) is 58.8 Å². The molecule has 4 saturated carbocycles. The van der Waals surface area contributed by atoms with Crippen LogP contribution in [-0.4, -0.2) is 11.7 Å². The first-order chi connectivity index (χ1) is 11.9. The molecule has 1 aromatic rings. The van der Waals surface area contributed by atoms with Gasteiger partial charge in [0.2, 0.25) is 11.8 Å². The van der Waals surface area contributed by atoms with Crippen LogP contribution in [0.5, 0.6) is 0 Å². The largest absolute Gasteiger partial charge is 0.443 e. The van der Waals surface area contributed by atoms with Gasteiger partial charge in [-0.2, -0.15) is 5.26 Å². The van der Waals surface area contributed by atoms with Gasteiger partial charge in [-0.05, 0) is 75.5 Å². The minimum atomic E-state index is -0.223. The van der Waals surface area contributed by atoms with Gasteiger partial charge in [0.15, 0.2) is 5.78 Å². The number of anilines is 1. The van der Waals surface area contributed by atoms with Crippen molar-refractivity contribution in [3.8, 4) is 6.07 Å². The lowest BCUT2D eigenvalue weighted by Gasteiger charge is -2.56.